The number of Topliss-reactive ketones (excluding diaryl/α,β-unsaturated/α-hetero) is 1. The van der Waals surface area contributed by atoms with Gasteiger partial charge in [-0.05, 0) is 36.2 Å². The van der Waals surface area contributed by atoms with Gasteiger partial charge in [-0.25, -0.2) is 18.4 Å². The lowest BCUT2D eigenvalue weighted by molar-refractivity contribution is 0.0982. The number of aromatic nitrogens is 3. The zero-order valence-corrected chi connectivity index (χ0v) is 18.4. The van der Waals surface area contributed by atoms with Crippen LogP contribution in [0.15, 0.2) is 77.0 Å². The van der Waals surface area contributed by atoms with Gasteiger partial charge in [-0.3, -0.25) is 9.20 Å². The zero-order chi connectivity index (χ0) is 22.7. The van der Waals surface area contributed by atoms with E-state index >= 15 is 0 Å². The molecule has 2 heterocycles. The van der Waals surface area contributed by atoms with Crippen molar-refractivity contribution in [1.82, 2.24) is 14.4 Å². The molecular formula is C23H21N3O5S. The molecule has 0 fully saturated rings. The number of aryl methyl sites for hydroxylation is 1. The van der Waals surface area contributed by atoms with Crippen LogP contribution in [-0.2, 0) is 16.3 Å². The van der Waals surface area contributed by atoms with E-state index in [2.05, 4.69) is 9.97 Å². The Morgan fingerprint density at radius 1 is 0.969 bits per heavy atom. The number of sulfone groups is 1. The Balaban J connectivity index is 1.48. The molecule has 164 valence electrons. The van der Waals surface area contributed by atoms with E-state index < -0.39 is 9.84 Å². The molecule has 2 aromatic carbocycles. The van der Waals surface area contributed by atoms with Crippen molar-refractivity contribution in [3.05, 3.63) is 78.4 Å². The molecule has 0 N–H and O–H groups in total. The third-order valence-electron chi connectivity index (χ3n) is 5.08. The number of imidazole rings is 1. The number of benzene rings is 2. The third kappa shape index (κ3) is 4.33. The summed E-state index contributed by atoms with van der Waals surface area (Å²) in [6.45, 7) is 0. The van der Waals surface area contributed by atoms with Crippen LogP contribution < -0.4 is 9.47 Å². The number of nitrogens with zero attached hydrogens (tertiary/aromatic N) is 3. The van der Waals surface area contributed by atoms with Crippen molar-refractivity contribution < 1.29 is 22.7 Å². The summed E-state index contributed by atoms with van der Waals surface area (Å²) in [6, 6.07) is 11.0. The van der Waals surface area contributed by atoms with Crippen LogP contribution in [0.2, 0.25) is 0 Å². The van der Waals surface area contributed by atoms with Crippen LogP contribution in [0.1, 0.15) is 22.3 Å². The lowest BCUT2D eigenvalue weighted by Gasteiger charge is -2.10. The van der Waals surface area contributed by atoms with E-state index in [9.17, 15) is 13.2 Å². The van der Waals surface area contributed by atoms with Gasteiger partial charge in [-0.15, -0.1) is 0 Å². The zero-order valence-electron chi connectivity index (χ0n) is 17.6. The average Bonchev–Trinajstić information content (AvgIpc) is 3.30. The number of ketones is 1. The van der Waals surface area contributed by atoms with Crippen molar-refractivity contribution >= 4 is 21.4 Å². The fourth-order valence-corrected chi connectivity index (χ4v) is 4.58. The summed E-state index contributed by atoms with van der Waals surface area (Å²) in [7, 11) is -0.828. The van der Waals surface area contributed by atoms with Gasteiger partial charge in [0.15, 0.2) is 5.78 Å². The second-order valence-electron chi connectivity index (χ2n) is 7.10. The summed E-state index contributed by atoms with van der Waals surface area (Å²) < 4.78 is 38.1. The number of carbonyl (C=O) groups excluding carboxylic acids is 1. The maximum Gasteiger partial charge on any atom is 0.233 e. The second-order valence-corrected chi connectivity index (χ2v) is 9.05. The second kappa shape index (κ2) is 8.80. The Labute approximate surface area is 185 Å². The summed E-state index contributed by atoms with van der Waals surface area (Å²) in [4.78, 5) is 21.0. The minimum Gasteiger partial charge on any atom is -0.497 e. The molecule has 0 saturated carbocycles. The Morgan fingerprint density at radius 2 is 1.66 bits per heavy atom. The van der Waals surface area contributed by atoms with Crippen molar-refractivity contribution in [2.24, 2.45) is 0 Å². The van der Waals surface area contributed by atoms with Crippen LogP contribution in [0.25, 0.3) is 5.78 Å². The molecule has 0 aliphatic rings. The van der Waals surface area contributed by atoms with Crippen LogP contribution in [0.3, 0.4) is 0 Å². The number of hydrogen-bond acceptors (Lipinski definition) is 7. The van der Waals surface area contributed by atoms with Gasteiger partial charge in [0, 0.05) is 37.3 Å². The van der Waals surface area contributed by atoms with E-state index in [1.165, 1.54) is 32.5 Å². The Bertz CT molecular complexity index is 1360. The summed E-state index contributed by atoms with van der Waals surface area (Å²) in [5.74, 6) is 1.27. The van der Waals surface area contributed by atoms with Gasteiger partial charge in [0.25, 0.3) is 0 Å². The van der Waals surface area contributed by atoms with Crippen molar-refractivity contribution in [2.45, 2.75) is 22.6 Å². The molecule has 0 spiro atoms. The van der Waals surface area contributed by atoms with Gasteiger partial charge in [0.05, 0.1) is 29.6 Å². The molecule has 0 atom stereocenters. The Hall–Kier alpha value is -3.72. The monoisotopic (exact) mass is 451 g/mol. The van der Waals surface area contributed by atoms with Crippen molar-refractivity contribution in [3.8, 4) is 11.5 Å². The van der Waals surface area contributed by atoms with Crippen LogP contribution in [0.5, 0.6) is 11.5 Å². The van der Waals surface area contributed by atoms with E-state index in [-0.39, 0.29) is 22.0 Å². The summed E-state index contributed by atoms with van der Waals surface area (Å²) in [5, 5.41) is 0. The van der Waals surface area contributed by atoms with Crippen LogP contribution in [0, 0.1) is 0 Å². The lowest BCUT2D eigenvalue weighted by Crippen LogP contribution is -2.05. The van der Waals surface area contributed by atoms with Crippen molar-refractivity contribution in [2.75, 3.05) is 14.2 Å². The van der Waals surface area contributed by atoms with Crippen molar-refractivity contribution in [1.29, 1.82) is 0 Å². The van der Waals surface area contributed by atoms with Gasteiger partial charge >= 0.3 is 0 Å². The number of carbonyl (C=O) groups is 1. The summed E-state index contributed by atoms with van der Waals surface area (Å²) >= 11 is 0. The summed E-state index contributed by atoms with van der Waals surface area (Å²) in [5.41, 5.74) is 1.36. The molecule has 9 heteroatoms. The highest BCUT2D eigenvalue weighted by atomic mass is 32.2. The first-order valence-electron chi connectivity index (χ1n) is 9.80. The standard InChI is InChI=1S/C23H21N3O5S/c1-30-18-11-19(31-2)13-21(12-18)32(28,29)20-6-3-16(4-7-20)5-8-22(27)17-14-25-23-24-9-10-26(23)15-17/h3-4,6-7,9-15H,5,8H2,1-2H3. The molecule has 32 heavy (non-hydrogen) atoms. The minimum atomic E-state index is -3.75. The predicted octanol–water partition coefficient (Wildman–Crippen LogP) is 3.39. The first kappa shape index (κ1) is 21.5. The number of methoxy groups -OCH3 is 2. The average molecular weight is 452 g/mol. The largest absolute Gasteiger partial charge is 0.497 e. The highest BCUT2D eigenvalue weighted by Gasteiger charge is 2.20. The molecule has 0 aliphatic carbocycles. The van der Waals surface area contributed by atoms with Crippen LogP contribution in [-0.4, -0.2) is 42.8 Å². The number of ether oxygens (including phenoxy) is 2. The minimum absolute atomic E-state index is 0.0479. The molecular weight excluding hydrogens is 430 g/mol. The molecule has 4 rings (SSSR count). The van der Waals surface area contributed by atoms with Crippen LogP contribution >= 0.6 is 0 Å². The fraction of sp³-hybridized carbons (Fsp3) is 0.174. The van der Waals surface area contributed by atoms with E-state index in [0.717, 1.165) is 5.56 Å². The maximum absolute atomic E-state index is 13.0. The smallest absolute Gasteiger partial charge is 0.233 e. The summed E-state index contributed by atoms with van der Waals surface area (Å²) in [6.07, 6.45) is 7.33. The van der Waals surface area contributed by atoms with Gasteiger partial charge in [0.1, 0.15) is 11.5 Å². The number of rotatable bonds is 8. The fourth-order valence-electron chi connectivity index (χ4n) is 3.27. The normalized spacial score (nSPS) is 11.4. The van der Waals surface area contributed by atoms with Gasteiger partial charge in [0.2, 0.25) is 15.6 Å². The van der Waals surface area contributed by atoms with Gasteiger partial charge in [-0.1, -0.05) is 12.1 Å². The molecule has 4 aromatic rings. The number of fused-ring (bicyclic) bond motifs is 1. The molecule has 0 unspecified atom stereocenters. The Kier molecular flexibility index (Phi) is 5.91. The topological polar surface area (TPSA) is 99.9 Å². The molecule has 2 aromatic heterocycles. The van der Waals surface area contributed by atoms with E-state index in [0.29, 0.717) is 29.3 Å². The molecule has 0 radical (unpaired) electrons. The van der Waals surface area contributed by atoms with Crippen LogP contribution in [0.4, 0.5) is 0 Å². The lowest BCUT2D eigenvalue weighted by atomic mass is 10.0. The Morgan fingerprint density at radius 3 is 2.31 bits per heavy atom. The SMILES string of the molecule is COc1cc(OC)cc(S(=O)(=O)c2ccc(CCC(=O)c3cnc4nccn4c3)cc2)c1. The highest BCUT2D eigenvalue weighted by Crippen LogP contribution is 2.29. The third-order valence-corrected chi connectivity index (χ3v) is 6.83. The maximum atomic E-state index is 13.0. The van der Waals surface area contributed by atoms with Crippen molar-refractivity contribution in [3.63, 3.8) is 0 Å². The highest BCUT2D eigenvalue weighted by molar-refractivity contribution is 7.91. The first-order chi connectivity index (χ1) is 15.4. The molecule has 0 bridgehead atoms. The van der Waals surface area contributed by atoms with E-state index in [1.54, 1.807) is 53.3 Å². The van der Waals surface area contributed by atoms with Gasteiger partial charge < -0.3 is 9.47 Å². The van der Waals surface area contributed by atoms with E-state index in [1.807, 2.05) is 0 Å². The first-order valence-corrected chi connectivity index (χ1v) is 11.3. The molecule has 8 nitrogen and oxygen atoms in total. The number of hydrogen-bond donors (Lipinski definition) is 0. The molecule has 0 aliphatic heterocycles. The molecule has 0 saturated heterocycles. The molecule has 0 amide bonds. The predicted molar refractivity (Wildman–Crippen MR) is 117 cm³/mol. The quantitative estimate of drug-likeness (QED) is 0.379. The van der Waals surface area contributed by atoms with E-state index in [4.69, 9.17) is 9.47 Å². The van der Waals surface area contributed by atoms with Gasteiger partial charge in [-0.2, -0.15) is 0 Å².